The summed E-state index contributed by atoms with van der Waals surface area (Å²) in [6.07, 6.45) is 8.26. The fourth-order valence-electron chi connectivity index (χ4n) is 4.44. The molecule has 0 aromatic rings. The van der Waals surface area contributed by atoms with Gasteiger partial charge in [0.15, 0.2) is 0 Å². The molecule has 2 heterocycles. The van der Waals surface area contributed by atoms with Crippen LogP contribution in [-0.4, -0.2) is 48.4 Å². The van der Waals surface area contributed by atoms with E-state index in [2.05, 4.69) is 17.6 Å². The van der Waals surface area contributed by atoms with Crippen LogP contribution in [-0.2, 0) is 9.59 Å². The molecule has 3 aliphatic rings. The number of hydrogen-bond acceptors (Lipinski definition) is 3. The number of halogens is 1. The van der Waals surface area contributed by atoms with Crippen LogP contribution in [0.5, 0.6) is 0 Å². The lowest BCUT2D eigenvalue weighted by Gasteiger charge is -2.36. The van der Waals surface area contributed by atoms with Gasteiger partial charge in [0.1, 0.15) is 0 Å². The maximum Gasteiger partial charge on any atom is 0.226 e. The van der Waals surface area contributed by atoms with Crippen LogP contribution in [0.1, 0.15) is 58.3 Å². The Kier molecular flexibility index (Phi) is 7.35. The standard InChI is InChI=1S/C18H31N3O2.ClH/c1-13-16(9-6-10-19-13)20-17(22)14-7-2-3-8-15(14)18(23)21-11-4-5-12-21;/h13-16,19H,2-12H2,1H3,(H,20,22);1H. The van der Waals surface area contributed by atoms with Crippen molar-refractivity contribution in [2.75, 3.05) is 19.6 Å². The molecule has 6 heteroatoms. The molecule has 4 atom stereocenters. The number of carbonyl (C=O) groups excluding carboxylic acids is 2. The van der Waals surface area contributed by atoms with Gasteiger partial charge in [-0.15, -0.1) is 12.4 Å². The Hall–Kier alpha value is -0.810. The summed E-state index contributed by atoms with van der Waals surface area (Å²) in [6.45, 7) is 4.94. The van der Waals surface area contributed by atoms with Gasteiger partial charge < -0.3 is 15.5 Å². The van der Waals surface area contributed by atoms with Crippen LogP contribution in [0.3, 0.4) is 0 Å². The summed E-state index contributed by atoms with van der Waals surface area (Å²) < 4.78 is 0. The maximum absolute atomic E-state index is 12.8. The van der Waals surface area contributed by atoms with E-state index in [4.69, 9.17) is 0 Å². The molecule has 0 aromatic carbocycles. The molecule has 0 radical (unpaired) electrons. The van der Waals surface area contributed by atoms with E-state index >= 15 is 0 Å². The monoisotopic (exact) mass is 357 g/mol. The highest BCUT2D eigenvalue weighted by Gasteiger charge is 2.39. The van der Waals surface area contributed by atoms with Crippen molar-refractivity contribution in [3.8, 4) is 0 Å². The highest BCUT2D eigenvalue weighted by atomic mass is 35.5. The molecule has 3 rings (SSSR count). The lowest BCUT2D eigenvalue weighted by Crippen LogP contribution is -2.54. The van der Waals surface area contributed by atoms with Gasteiger partial charge >= 0.3 is 0 Å². The summed E-state index contributed by atoms with van der Waals surface area (Å²) >= 11 is 0. The lowest BCUT2D eigenvalue weighted by atomic mass is 9.77. The molecule has 24 heavy (non-hydrogen) atoms. The first-order valence-corrected chi connectivity index (χ1v) is 9.49. The maximum atomic E-state index is 12.8. The number of carbonyl (C=O) groups is 2. The predicted octanol–water partition coefficient (Wildman–Crippen LogP) is 2.09. The molecule has 5 nitrogen and oxygen atoms in total. The largest absolute Gasteiger partial charge is 0.352 e. The fourth-order valence-corrected chi connectivity index (χ4v) is 4.44. The van der Waals surface area contributed by atoms with E-state index in [1.807, 2.05) is 4.90 Å². The van der Waals surface area contributed by atoms with Gasteiger partial charge in [0, 0.05) is 37.0 Å². The van der Waals surface area contributed by atoms with Crippen molar-refractivity contribution in [2.45, 2.75) is 70.4 Å². The predicted molar refractivity (Wildman–Crippen MR) is 97.1 cm³/mol. The van der Waals surface area contributed by atoms with Crippen molar-refractivity contribution >= 4 is 24.2 Å². The van der Waals surface area contributed by atoms with Crippen molar-refractivity contribution < 1.29 is 9.59 Å². The molecule has 1 aliphatic carbocycles. The smallest absolute Gasteiger partial charge is 0.226 e. The molecular formula is C18H32ClN3O2. The fraction of sp³-hybridized carbons (Fsp3) is 0.889. The summed E-state index contributed by atoms with van der Waals surface area (Å²) in [5.74, 6) is 0.139. The quantitative estimate of drug-likeness (QED) is 0.813. The number of hydrogen-bond donors (Lipinski definition) is 2. The second-order valence-electron chi connectivity index (χ2n) is 7.53. The number of nitrogens with zero attached hydrogens (tertiary/aromatic N) is 1. The Morgan fingerprint density at radius 2 is 1.62 bits per heavy atom. The van der Waals surface area contributed by atoms with E-state index in [-0.39, 0.29) is 42.1 Å². The molecule has 2 saturated heterocycles. The normalized spacial score (nSPS) is 33.6. The average molecular weight is 358 g/mol. The van der Waals surface area contributed by atoms with Gasteiger partial charge in [-0.2, -0.15) is 0 Å². The molecule has 4 unspecified atom stereocenters. The minimum Gasteiger partial charge on any atom is -0.352 e. The summed E-state index contributed by atoms with van der Waals surface area (Å²) in [5.41, 5.74) is 0. The number of nitrogens with one attached hydrogen (secondary N) is 2. The summed E-state index contributed by atoms with van der Waals surface area (Å²) in [5, 5.41) is 6.67. The third-order valence-corrected chi connectivity index (χ3v) is 5.93. The van der Waals surface area contributed by atoms with Gasteiger partial charge in [-0.1, -0.05) is 12.8 Å². The van der Waals surface area contributed by atoms with E-state index in [0.717, 1.165) is 71.0 Å². The zero-order chi connectivity index (χ0) is 16.2. The van der Waals surface area contributed by atoms with Crippen LogP contribution in [0.2, 0.25) is 0 Å². The van der Waals surface area contributed by atoms with Crippen LogP contribution in [0.25, 0.3) is 0 Å². The van der Waals surface area contributed by atoms with Crippen LogP contribution < -0.4 is 10.6 Å². The molecule has 3 fully saturated rings. The van der Waals surface area contributed by atoms with E-state index in [1.54, 1.807) is 0 Å². The van der Waals surface area contributed by atoms with Crippen molar-refractivity contribution in [3.05, 3.63) is 0 Å². The van der Waals surface area contributed by atoms with Crippen LogP contribution in [0.15, 0.2) is 0 Å². The van der Waals surface area contributed by atoms with Crippen molar-refractivity contribution in [3.63, 3.8) is 0 Å². The van der Waals surface area contributed by atoms with Crippen molar-refractivity contribution in [2.24, 2.45) is 11.8 Å². The molecule has 0 aromatic heterocycles. The summed E-state index contributed by atoms with van der Waals surface area (Å²) in [4.78, 5) is 27.6. The lowest BCUT2D eigenvalue weighted by molar-refractivity contribution is -0.143. The Morgan fingerprint density at radius 3 is 2.29 bits per heavy atom. The SMILES string of the molecule is CC1NCCCC1NC(=O)C1CCCCC1C(=O)N1CCCC1.Cl. The molecule has 0 bridgehead atoms. The van der Waals surface area contributed by atoms with Crippen molar-refractivity contribution in [1.82, 2.24) is 15.5 Å². The molecule has 138 valence electrons. The Labute approximate surface area is 151 Å². The highest BCUT2D eigenvalue weighted by molar-refractivity contribution is 5.88. The van der Waals surface area contributed by atoms with Gasteiger partial charge in [0.25, 0.3) is 0 Å². The molecule has 2 aliphatic heterocycles. The zero-order valence-electron chi connectivity index (χ0n) is 14.8. The number of piperidine rings is 1. The van der Waals surface area contributed by atoms with Gasteiger partial charge in [-0.25, -0.2) is 0 Å². The van der Waals surface area contributed by atoms with E-state index in [9.17, 15) is 9.59 Å². The Bertz CT molecular complexity index is 440. The topological polar surface area (TPSA) is 61.4 Å². The molecule has 2 amide bonds. The number of amides is 2. The second-order valence-corrected chi connectivity index (χ2v) is 7.53. The molecule has 0 spiro atoms. The summed E-state index contributed by atoms with van der Waals surface area (Å²) in [7, 11) is 0. The second kappa shape index (κ2) is 9.04. The van der Waals surface area contributed by atoms with Gasteiger partial charge in [0.2, 0.25) is 11.8 Å². The van der Waals surface area contributed by atoms with E-state index in [0.29, 0.717) is 6.04 Å². The highest BCUT2D eigenvalue weighted by Crippen LogP contribution is 2.33. The van der Waals surface area contributed by atoms with E-state index in [1.165, 1.54) is 0 Å². The molecule has 2 N–H and O–H groups in total. The minimum atomic E-state index is -0.119. The first-order valence-electron chi connectivity index (χ1n) is 9.49. The van der Waals surface area contributed by atoms with Crippen LogP contribution >= 0.6 is 12.4 Å². The first-order chi connectivity index (χ1) is 11.2. The van der Waals surface area contributed by atoms with Gasteiger partial charge in [-0.3, -0.25) is 9.59 Å². The average Bonchev–Trinajstić information content (AvgIpc) is 3.11. The summed E-state index contributed by atoms with van der Waals surface area (Å²) in [6, 6.07) is 0.532. The number of likely N-dealkylation sites (tertiary alicyclic amines) is 1. The number of rotatable bonds is 3. The van der Waals surface area contributed by atoms with Crippen molar-refractivity contribution in [1.29, 1.82) is 0 Å². The molecule has 1 saturated carbocycles. The minimum absolute atomic E-state index is 0. The Morgan fingerprint density at radius 1 is 0.958 bits per heavy atom. The molecular weight excluding hydrogens is 326 g/mol. The van der Waals surface area contributed by atoms with E-state index < -0.39 is 0 Å². The van der Waals surface area contributed by atoms with Crippen LogP contribution in [0, 0.1) is 11.8 Å². The van der Waals surface area contributed by atoms with Gasteiger partial charge in [-0.05, 0) is 52.0 Å². The zero-order valence-corrected chi connectivity index (χ0v) is 15.6. The third-order valence-electron chi connectivity index (χ3n) is 5.93. The third kappa shape index (κ3) is 4.42. The Balaban J connectivity index is 0.00000208. The van der Waals surface area contributed by atoms with Crippen LogP contribution in [0.4, 0.5) is 0 Å². The van der Waals surface area contributed by atoms with Gasteiger partial charge in [0.05, 0.1) is 0 Å². The first kappa shape index (κ1) is 19.5.